The van der Waals surface area contributed by atoms with Gasteiger partial charge in [0.2, 0.25) is 0 Å². The predicted molar refractivity (Wildman–Crippen MR) is 202 cm³/mol. The molecule has 0 aliphatic heterocycles. The van der Waals surface area contributed by atoms with Crippen LogP contribution in [0.2, 0.25) is 0 Å². The molecule has 2 heteroatoms. The van der Waals surface area contributed by atoms with Crippen LogP contribution in [-0.2, 0) is 0 Å². The summed E-state index contributed by atoms with van der Waals surface area (Å²) in [5.41, 5.74) is 12.2. The van der Waals surface area contributed by atoms with Crippen LogP contribution < -0.4 is 4.90 Å². The monoisotopic (exact) mass is 613 g/mol. The smallest absolute Gasteiger partial charge is 0.136 e. The predicted octanol–water partition coefficient (Wildman–Crippen LogP) is 13.2. The zero-order chi connectivity index (χ0) is 31.9. The molecule has 0 aliphatic carbocycles. The number of rotatable bonds is 6. The van der Waals surface area contributed by atoms with Crippen LogP contribution in [0.15, 0.2) is 192 Å². The molecule has 9 rings (SSSR count). The summed E-state index contributed by atoms with van der Waals surface area (Å²) in [4.78, 5) is 2.32. The lowest BCUT2D eigenvalue weighted by atomic mass is 9.92. The van der Waals surface area contributed by atoms with Gasteiger partial charge in [-0.2, -0.15) is 0 Å². The summed E-state index contributed by atoms with van der Waals surface area (Å²) < 4.78 is 6.43. The van der Waals surface area contributed by atoms with Crippen LogP contribution in [0, 0.1) is 0 Å². The number of anilines is 3. The first kappa shape index (κ1) is 27.9. The average molecular weight is 614 g/mol. The molecule has 0 N–H and O–H groups in total. The molecule has 8 aromatic carbocycles. The van der Waals surface area contributed by atoms with Gasteiger partial charge in [-0.05, 0) is 98.8 Å². The fourth-order valence-corrected chi connectivity index (χ4v) is 6.96. The Hall–Kier alpha value is -6.38. The van der Waals surface area contributed by atoms with Crippen molar-refractivity contribution in [2.45, 2.75) is 0 Å². The van der Waals surface area contributed by atoms with Crippen LogP contribution in [0.4, 0.5) is 17.1 Å². The molecule has 226 valence electrons. The van der Waals surface area contributed by atoms with Crippen molar-refractivity contribution in [2.24, 2.45) is 0 Å². The zero-order valence-corrected chi connectivity index (χ0v) is 26.3. The van der Waals surface area contributed by atoms with Crippen molar-refractivity contribution in [3.63, 3.8) is 0 Å². The lowest BCUT2D eigenvalue weighted by Crippen LogP contribution is -2.09. The third-order valence-corrected chi connectivity index (χ3v) is 9.25. The Morgan fingerprint density at radius 3 is 1.65 bits per heavy atom. The second kappa shape index (κ2) is 11.8. The van der Waals surface area contributed by atoms with Gasteiger partial charge >= 0.3 is 0 Å². The number of hydrogen-bond donors (Lipinski definition) is 0. The molecular weight excluding hydrogens is 583 g/mol. The molecule has 0 radical (unpaired) electrons. The van der Waals surface area contributed by atoms with Gasteiger partial charge in [-0.25, -0.2) is 0 Å². The van der Waals surface area contributed by atoms with E-state index in [0.29, 0.717) is 0 Å². The van der Waals surface area contributed by atoms with E-state index in [2.05, 4.69) is 187 Å². The molecule has 0 saturated carbocycles. The minimum Gasteiger partial charge on any atom is -0.456 e. The van der Waals surface area contributed by atoms with Crippen LogP contribution in [0.1, 0.15) is 0 Å². The number of nitrogens with zero attached hydrogens (tertiary/aromatic N) is 1. The fraction of sp³-hybridized carbons (Fsp3) is 0. The van der Waals surface area contributed by atoms with Crippen molar-refractivity contribution in [1.82, 2.24) is 0 Å². The number of hydrogen-bond acceptors (Lipinski definition) is 2. The van der Waals surface area contributed by atoms with Gasteiger partial charge in [0.25, 0.3) is 0 Å². The van der Waals surface area contributed by atoms with E-state index >= 15 is 0 Å². The zero-order valence-electron chi connectivity index (χ0n) is 26.3. The maximum Gasteiger partial charge on any atom is 0.136 e. The van der Waals surface area contributed by atoms with E-state index in [1.54, 1.807) is 0 Å². The highest BCUT2D eigenvalue weighted by atomic mass is 16.3. The molecule has 0 aliphatic rings. The molecule has 0 unspecified atom stereocenters. The van der Waals surface area contributed by atoms with Gasteiger partial charge in [-0.3, -0.25) is 0 Å². The highest BCUT2D eigenvalue weighted by molar-refractivity contribution is 6.22. The first-order valence-corrected chi connectivity index (χ1v) is 16.3. The summed E-state index contributed by atoms with van der Waals surface area (Å²) in [5, 5.41) is 4.71. The van der Waals surface area contributed by atoms with Gasteiger partial charge in [0.1, 0.15) is 11.2 Å². The molecule has 0 bridgehead atoms. The van der Waals surface area contributed by atoms with Gasteiger partial charge in [-0.15, -0.1) is 0 Å². The van der Waals surface area contributed by atoms with Gasteiger partial charge < -0.3 is 9.32 Å². The molecule has 48 heavy (non-hydrogen) atoms. The Morgan fingerprint density at radius 1 is 0.312 bits per heavy atom. The Bertz CT molecular complexity index is 2530. The largest absolute Gasteiger partial charge is 0.456 e. The standard InChI is InChI=1S/C46H31NO/c1-4-13-32(14-5-1)35-17-12-20-39(29-35)47(37-18-8-3-9-19-37)38-26-23-33(24-27-38)36-25-28-40-42(34-15-6-2-7-16-34)31-45-46(43(40)30-36)41-21-10-11-22-44(41)48-45/h1-31H. The minimum atomic E-state index is 0.908. The summed E-state index contributed by atoms with van der Waals surface area (Å²) in [5.74, 6) is 0. The highest BCUT2D eigenvalue weighted by Gasteiger charge is 2.17. The summed E-state index contributed by atoms with van der Waals surface area (Å²) in [7, 11) is 0. The van der Waals surface area contributed by atoms with Crippen molar-refractivity contribution in [2.75, 3.05) is 4.90 Å². The summed E-state index contributed by atoms with van der Waals surface area (Å²) in [6, 6.07) is 66.8. The Labute approximate surface area is 279 Å². The fourth-order valence-electron chi connectivity index (χ4n) is 6.96. The van der Waals surface area contributed by atoms with Crippen molar-refractivity contribution in [1.29, 1.82) is 0 Å². The van der Waals surface area contributed by atoms with E-state index in [1.807, 2.05) is 6.07 Å². The third-order valence-electron chi connectivity index (χ3n) is 9.25. The van der Waals surface area contributed by atoms with Crippen LogP contribution in [0.25, 0.3) is 66.1 Å². The lowest BCUT2D eigenvalue weighted by Gasteiger charge is -2.26. The molecule has 0 atom stereocenters. The number of benzene rings is 8. The molecule has 0 fully saturated rings. The molecule has 9 aromatic rings. The van der Waals surface area contributed by atoms with E-state index in [9.17, 15) is 0 Å². The van der Waals surface area contributed by atoms with Gasteiger partial charge in [-0.1, -0.05) is 133 Å². The Balaban J connectivity index is 1.17. The van der Waals surface area contributed by atoms with Crippen LogP contribution in [-0.4, -0.2) is 0 Å². The molecule has 1 heterocycles. The molecule has 0 amide bonds. The van der Waals surface area contributed by atoms with E-state index < -0.39 is 0 Å². The summed E-state index contributed by atoms with van der Waals surface area (Å²) in [6.07, 6.45) is 0. The van der Waals surface area contributed by atoms with Crippen molar-refractivity contribution >= 4 is 49.8 Å². The minimum absolute atomic E-state index is 0.908. The number of fused-ring (bicyclic) bond motifs is 5. The van der Waals surface area contributed by atoms with E-state index in [-0.39, 0.29) is 0 Å². The first-order valence-electron chi connectivity index (χ1n) is 16.3. The Kier molecular flexibility index (Phi) is 6.84. The normalized spacial score (nSPS) is 11.3. The van der Waals surface area contributed by atoms with Gasteiger partial charge in [0.05, 0.1) is 0 Å². The summed E-state index contributed by atoms with van der Waals surface area (Å²) >= 11 is 0. The third kappa shape index (κ3) is 4.92. The summed E-state index contributed by atoms with van der Waals surface area (Å²) in [6.45, 7) is 0. The topological polar surface area (TPSA) is 16.4 Å². The van der Waals surface area contributed by atoms with Gasteiger partial charge in [0, 0.05) is 27.8 Å². The average Bonchev–Trinajstić information content (AvgIpc) is 3.55. The maximum absolute atomic E-state index is 6.43. The molecule has 0 saturated heterocycles. The Morgan fingerprint density at radius 2 is 0.875 bits per heavy atom. The molecule has 1 aromatic heterocycles. The second-order valence-corrected chi connectivity index (χ2v) is 12.2. The number of furan rings is 1. The van der Waals surface area contributed by atoms with Crippen molar-refractivity contribution in [3.05, 3.63) is 188 Å². The van der Waals surface area contributed by atoms with Crippen molar-refractivity contribution < 1.29 is 4.42 Å². The van der Waals surface area contributed by atoms with Crippen molar-refractivity contribution in [3.8, 4) is 33.4 Å². The van der Waals surface area contributed by atoms with E-state index in [1.165, 1.54) is 38.6 Å². The van der Waals surface area contributed by atoms with E-state index in [0.717, 1.165) is 44.6 Å². The maximum atomic E-state index is 6.43. The molecule has 0 spiro atoms. The second-order valence-electron chi connectivity index (χ2n) is 12.2. The highest BCUT2D eigenvalue weighted by Crippen LogP contribution is 2.42. The van der Waals surface area contributed by atoms with Crippen LogP contribution in [0.5, 0.6) is 0 Å². The SMILES string of the molecule is c1ccc(-c2cccc(N(c3ccccc3)c3ccc(-c4ccc5c(-c6ccccc6)cc6oc7ccccc7c6c5c4)cc3)c2)cc1. The molecular formula is C46H31NO. The molecule has 2 nitrogen and oxygen atoms in total. The van der Waals surface area contributed by atoms with Gasteiger partial charge in [0.15, 0.2) is 0 Å². The van der Waals surface area contributed by atoms with E-state index in [4.69, 9.17) is 4.42 Å². The quantitative estimate of drug-likeness (QED) is 0.185. The van der Waals surface area contributed by atoms with Crippen LogP contribution in [0.3, 0.4) is 0 Å². The first-order chi connectivity index (χ1) is 23.8. The number of para-hydroxylation sites is 2. The van der Waals surface area contributed by atoms with Crippen LogP contribution >= 0.6 is 0 Å². The lowest BCUT2D eigenvalue weighted by molar-refractivity contribution is 0.669.